The molecule has 1 aliphatic rings. The Bertz CT molecular complexity index is 743. The number of hydrogen-bond acceptors (Lipinski definition) is 6. The number of amides is 1. The second-order valence-corrected chi connectivity index (χ2v) is 6.98. The number of nitrogens with zero attached hydrogens (tertiary/aromatic N) is 1. The highest BCUT2D eigenvalue weighted by atomic mass is 32.1. The Hall–Kier alpha value is -2.33. The van der Waals surface area contributed by atoms with Gasteiger partial charge in [-0.3, -0.25) is 4.79 Å². The molecule has 7 heteroatoms. The Morgan fingerprint density at radius 1 is 1.50 bits per heavy atom. The first-order valence-corrected chi connectivity index (χ1v) is 8.70. The summed E-state index contributed by atoms with van der Waals surface area (Å²) in [4.78, 5) is 24.9. The minimum absolute atomic E-state index is 0.149. The molecule has 0 radical (unpaired) electrons. The third-order valence-electron chi connectivity index (χ3n) is 4.03. The fourth-order valence-electron chi connectivity index (χ4n) is 2.81. The minimum atomic E-state index is -0.796. The van der Waals surface area contributed by atoms with Crippen LogP contribution in [0.1, 0.15) is 48.0 Å². The lowest BCUT2D eigenvalue weighted by atomic mass is 9.88. The molecule has 0 fully saturated rings. The van der Waals surface area contributed by atoms with Gasteiger partial charge in [-0.15, -0.1) is 11.3 Å². The van der Waals surface area contributed by atoms with Crippen LogP contribution in [0.5, 0.6) is 0 Å². The number of esters is 1. The molecule has 0 spiro atoms. The van der Waals surface area contributed by atoms with E-state index in [0.29, 0.717) is 28.8 Å². The molecular formula is C17H21N3O3S. The summed E-state index contributed by atoms with van der Waals surface area (Å²) in [5.74, 6) is -0.608. The number of nitriles is 1. The second kappa shape index (κ2) is 7.49. The fraction of sp³-hybridized carbons (Fsp3) is 0.471. The lowest BCUT2D eigenvalue weighted by Crippen LogP contribution is -2.17. The molecule has 0 unspecified atom stereocenters. The fourth-order valence-corrected chi connectivity index (χ4v) is 4.27. The van der Waals surface area contributed by atoms with Crippen LogP contribution in [0.3, 0.4) is 0 Å². The predicted octanol–water partition coefficient (Wildman–Crippen LogP) is 2.74. The quantitative estimate of drug-likeness (QED) is 0.484. The molecule has 1 aromatic heterocycles. The number of thiophene rings is 1. The number of allylic oxidation sites excluding steroid dienone is 1. The monoisotopic (exact) mass is 347 g/mol. The number of anilines is 1. The highest BCUT2D eigenvalue weighted by Gasteiger charge is 2.28. The summed E-state index contributed by atoms with van der Waals surface area (Å²) in [6, 6.07) is 1.80. The van der Waals surface area contributed by atoms with Crippen molar-refractivity contribution in [2.75, 3.05) is 11.9 Å². The van der Waals surface area contributed by atoms with Gasteiger partial charge in [-0.05, 0) is 44.6 Å². The molecule has 0 aliphatic heterocycles. The summed E-state index contributed by atoms with van der Waals surface area (Å²) in [5.41, 5.74) is 6.94. The van der Waals surface area contributed by atoms with E-state index in [9.17, 15) is 9.59 Å². The Kier molecular flexibility index (Phi) is 5.62. The van der Waals surface area contributed by atoms with Crippen molar-refractivity contribution in [1.82, 2.24) is 0 Å². The van der Waals surface area contributed by atoms with Crippen LogP contribution >= 0.6 is 11.3 Å². The van der Waals surface area contributed by atoms with Crippen molar-refractivity contribution in [1.29, 1.82) is 5.26 Å². The molecule has 0 aromatic carbocycles. The molecule has 1 aromatic rings. The van der Waals surface area contributed by atoms with Crippen molar-refractivity contribution in [3.05, 3.63) is 27.3 Å². The van der Waals surface area contributed by atoms with Gasteiger partial charge >= 0.3 is 5.97 Å². The smallest absolute Gasteiger partial charge is 0.341 e. The lowest BCUT2D eigenvalue weighted by Gasteiger charge is -2.18. The van der Waals surface area contributed by atoms with Crippen LogP contribution in [-0.4, -0.2) is 18.5 Å². The lowest BCUT2D eigenvalue weighted by molar-refractivity contribution is -0.114. The van der Waals surface area contributed by atoms with Crippen LogP contribution in [0.2, 0.25) is 0 Å². The molecule has 3 N–H and O–H groups in total. The topological polar surface area (TPSA) is 105 Å². The molecule has 6 nitrogen and oxygen atoms in total. The van der Waals surface area contributed by atoms with E-state index in [-0.39, 0.29) is 11.5 Å². The molecule has 1 amide bonds. The van der Waals surface area contributed by atoms with Gasteiger partial charge in [0.1, 0.15) is 16.6 Å². The van der Waals surface area contributed by atoms with Crippen molar-refractivity contribution in [3.63, 3.8) is 0 Å². The molecule has 2 rings (SSSR count). The van der Waals surface area contributed by atoms with Gasteiger partial charge < -0.3 is 15.8 Å². The van der Waals surface area contributed by atoms with E-state index in [1.807, 2.05) is 0 Å². The number of fused-ring (bicyclic) bond motifs is 1. The zero-order chi connectivity index (χ0) is 17.9. The zero-order valence-corrected chi connectivity index (χ0v) is 14.9. The summed E-state index contributed by atoms with van der Waals surface area (Å²) in [7, 11) is 0. The maximum Gasteiger partial charge on any atom is 0.341 e. The molecule has 0 saturated carbocycles. The third-order valence-corrected chi connectivity index (χ3v) is 5.20. The predicted molar refractivity (Wildman–Crippen MR) is 92.6 cm³/mol. The van der Waals surface area contributed by atoms with E-state index >= 15 is 0 Å². The standard InChI is InChI=1S/C17H21N3O3S/c1-4-23-17(22)14-11-6-5-9(2)7-13(11)24-16(14)20-10(3)12(8-18)15(19)21/h9,20H,4-7H2,1-3H3,(H2,19,21)/b12-10-/t9-/m0/s1. The molecule has 0 saturated heterocycles. The number of carbonyl (C=O) groups excluding carboxylic acids is 2. The minimum Gasteiger partial charge on any atom is -0.462 e. The van der Waals surface area contributed by atoms with Gasteiger partial charge in [0, 0.05) is 10.6 Å². The second-order valence-electron chi connectivity index (χ2n) is 5.88. The van der Waals surface area contributed by atoms with E-state index in [0.717, 1.165) is 29.7 Å². The highest BCUT2D eigenvalue weighted by molar-refractivity contribution is 7.16. The van der Waals surface area contributed by atoms with Crippen LogP contribution in [-0.2, 0) is 22.4 Å². The molecule has 128 valence electrons. The first-order chi connectivity index (χ1) is 11.4. The highest BCUT2D eigenvalue weighted by Crippen LogP contribution is 2.40. The number of nitrogens with two attached hydrogens (primary N) is 1. The number of rotatable bonds is 5. The maximum absolute atomic E-state index is 12.4. The van der Waals surface area contributed by atoms with Crippen LogP contribution in [0.15, 0.2) is 11.3 Å². The number of ether oxygens (including phenoxy) is 1. The average molecular weight is 347 g/mol. The van der Waals surface area contributed by atoms with E-state index in [2.05, 4.69) is 12.2 Å². The largest absolute Gasteiger partial charge is 0.462 e. The van der Waals surface area contributed by atoms with Crippen molar-refractivity contribution in [2.45, 2.75) is 40.0 Å². The van der Waals surface area contributed by atoms with E-state index in [1.165, 1.54) is 11.3 Å². The maximum atomic E-state index is 12.4. The Morgan fingerprint density at radius 3 is 2.79 bits per heavy atom. The Labute approximate surface area is 145 Å². The van der Waals surface area contributed by atoms with Gasteiger partial charge in [0.15, 0.2) is 0 Å². The van der Waals surface area contributed by atoms with Gasteiger partial charge in [-0.2, -0.15) is 5.26 Å². The zero-order valence-electron chi connectivity index (χ0n) is 14.1. The average Bonchev–Trinajstić information content (AvgIpc) is 2.84. The van der Waals surface area contributed by atoms with Crippen LogP contribution in [0.4, 0.5) is 5.00 Å². The molecule has 1 aliphatic carbocycles. The van der Waals surface area contributed by atoms with E-state index in [1.54, 1.807) is 19.9 Å². The number of carbonyl (C=O) groups is 2. The third kappa shape index (κ3) is 3.60. The SMILES string of the molecule is CCOC(=O)c1c(N/C(C)=C(/C#N)C(N)=O)sc2c1CC[C@H](C)C2. The van der Waals surface area contributed by atoms with Crippen LogP contribution in [0.25, 0.3) is 0 Å². The first kappa shape index (κ1) is 18.0. The van der Waals surface area contributed by atoms with Gasteiger partial charge in [0.05, 0.1) is 12.2 Å². The van der Waals surface area contributed by atoms with E-state index in [4.69, 9.17) is 15.7 Å². The molecule has 24 heavy (non-hydrogen) atoms. The van der Waals surface area contributed by atoms with Crippen LogP contribution < -0.4 is 11.1 Å². The number of hydrogen-bond donors (Lipinski definition) is 2. The van der Waals surface area contributed by atoms with Crippen molar-refractivity contribution >= 4 is 28.2 Å². The summed E-state index contributed by atoms with van der Waals surface area (Å²) in [6.45, 7) is 5.84. The summed E-state index contributed by atoms with van der Waals surface area (Å²) >= 11 is 1.48. The van der Waals surface area contributed by atoms with Gasteiger partial charge in [0.2, 0.25) is 0 Å². The first-order valence-electron chi connectivity index (χ1n) is 7.88. The van der Waals surface area contributed by atoms with Gasteiger partial charge in [-0.1, -0.05) is 6.92 Å². The molecular weight excluding hydrogens is 326 g/mol. The Balaban J connectivity index is 2.48. The van der Waals surface area contributed by atoms with Gasteiger partial charge in [-0.25, -0.2) is 4.79 Å². The normalized spacial score (nSPS) is 17.3. The van der Waals surface area contributed by atoms with E-state index < -0.39 is 5.91 Å². The molecule has 1 heterocycles. The molecule has 0 bridgehead atoms. The Morgan fingerprint density at radius 2 is 2.21 bits per heavy atom. The summed E-state index contributed by atoms with van der Waals surface area (Å²) < 4.78 is 5.19. The van der Waals surface area contributed by atoms with Crippen molar-refractivity contribution in [2.24, 2.45) is 11.7 Å². The molecule has 1 atom stereocenters. The number of primary amides is 1. The van der Waals surface area contributed by atoms with Crippen molar-refractivity contribution in [3.8, 4) is 6.07 Å². The summed E-state index contributed by atoms with van der Waals surface area (Å²) in [6.07, 6.45) is 2.76. The van der Waals surface area contributed by atoms with Crippen LogP contribution in [0, 0.1) is 17.2 Å². The van der Waals surface area contributed by atoms with Gasteiger partial charge in [0.25, 0.3) is 5.91 Å². The summed E-state index contributed by atoms with van der Waals surface area (Å²) in [5, 5.41) is 12.7. The van der Waals surface area contributed by atoms with Crippen molar-refractivity contribution < 1.29 is 14.3 Å². The number of nitrogens with one attached hydrogen (secondary N) is 1.